The molecule has 1 rings (SSSR count). The van der Waals surface area contributed by atoms with Crippen LogP contribution in [-0.2, 0) is 11.3 Å². The molecule has 0 fully saturated rings. The first-order valence-electron chi connectivity index (χ1n) is 6.42. The highest BCUT2D eigenvalue weighted by Crippen LogP contribution is 1.93. The summed E-state index contributed by atoms with van der Waals surface area (Å²) in [4.78, 5) is 15.6. The fourth-order valence-corrected chi connectivity index (χ4v) is 1.58. The molecule has 0 saturated carbocycles. The van der Waals surface area contributed by atoms with Gasteiger partial charge < -0.3 is 20.4 Å². The lowest BCUT2D eigenvalue weighted by Gasteiger charge is -2.05. The second-order valence-corrected chi connectivity index (χ2v) is 4.13. The minimum atomic E-state index is 0.0340. The average Bonchev–Trinajstić information content (AvgIpc) is 2.41. The molecule has 1 aromatic heterocycles. The molecule has 0 amide bonds. The van der Waals surface area contributed by atoms with Crippen LogP contribution in [0, 0.1) is 0 Å². The van der Waals surface area contributed by atoms with Gasteiger partial charge in [0.2, 0.25) is 5.56 Å². The number of pyridine rings is 1. The molecule has 0 atom stereocenters. The van der Waals surface area contributed by atoms with Crippen molar-refractivity contribution in [3.05, 3.63) is 34.7 Å². The van der Waals surface area contributed by atoms with E-state index in [-0.39, 0.29) is 5.56 Å². The van der Waals surface area contributed by atoms with Crippen LogP contribution in [-0.4, -0.2) is 37.3 Å². The van der Waals surface area contributed by atoms with Crippen LogP contribution in [0.4, 0.5) is 0 Å². The number of nitrogens with two attached hydrogens (primary N) is 1. The molecule has 6 heteroatoms. The summed E-state index contributed by atoms with van der Waals surface area (Å²) in [7, 11) is 1.64. The number of ether oxygens (including phenoxy) is 1. The van der Waals surface area contributed by atoms with Crippen LogP contribution >= 0.6 is 0 Å². The van der Waals surface area contributed by atoms with Crippen molar-refractivity contribution in [3.63, 3.8) is 0 Å². The van der Waals surface area contributed by atoms with Gasteiger partial charge in [-0.1, -0.05) is 6.07 Å². The Morgan fingerprint density at radius 2 is 2.32 bits per heavy atom. The van der Waals surface area contributed by atoms with Crippen LogP contribution in [0.5, 0.6) is 0 Å². The number of aryl methyl sites for hydroxylation is 1. The molecule has 0 aliphatic heterocycles. The fraction of sp³-hybridized carbons (Fsp3) is 0.538. The number of unbranched alkanes of at least 4 members (excludes halogenated alkanes) is 1. The predicted octanol–water partition coefficient (Wildman–Crippen LogP) is 0.179. The van der Waals surface area contributed by atoms with Crippen molar-refractivity contribution in [1.82, 2.24) is 9.88 Å². The van der Waals surface area contributed by atoms with Gasteiger partial charge in [0.05, 0.1) is 6.61 Å². The minimum Gasteiger partial charge on any atom is -0.383 e. The highest BCUT2D eigenvalue weighted by Gasteiger charge is 1.94. The first kappa shape index (κ1) is 15.2. The van der Waals surface area contributed by atoms with E-state index in [0.717, 1.165) is 12.8 Å². The van der Waals surface area contributed by atoms with E-state index in [1.807, 2.05) is 6.07 Å². The van der Waals surface area contributed by atoms with Crippen molar-refractivity contribution in [2.45, 2.75) is 19.4 Å². The van der Waals surface area contributed by atoms with E-state index in [9.17, 15) is 4.79 Å². The lowest BCUT2D eigenvalue weighted by molar-refractivity contribution is 0.204. The molecule has 0 aliphatic rings. The second-order valence-electron chi connectivity index (χ2n) is 4.13. The van der Waals surface area contributed by atoms with E-state index in [2.05, 4.69) is 10.3 Å². The standard InChI is InChI=1S/C13H22N4O2/c1-19-11-8-16-13(14)15-7-3-5-10-17-9-4-2-6-12(17)18/h2,4,6,9H,3,5,7-8,10-11H2,1H3,(H3,14,15,16). The molecule has 106 valence electrons. The molecule has 0 unspecified atom stereocenters. The normalized spacial score (nSPS) is 11.5. The molecular weight excluding hydrogens is 244 g/mol. The summed E-state index contributed by atoms with van der Waals surface area (Å²) in [6.45, 7) is 2.64. The zero-order chi connectivity index (χ0) is 13.9. The number of rotatable bonds is 8. The van der Waals surface area contributed by atoms with Crippen LogP contribution in [0.1, 0.15) is 12.8 Å². The Morgan fingerprint density at radius 1 is 1.47 bits per heavy atom. The van der Waals surface area contributed by atoms with E-state index in [1.165, 1.54) is 0 Å². The maximum Gasteiger partial charge on any atom is 0.250 e. The molecule has 0 saturated heterocycles. The summed E-state index contributed by atoms with van der Waals surface area (Å²) >= 11 is 0. The van der Waals surface area contributed by atoms with E-state index in [0.29, 0.717) is 32.2 Å². The molecule has 0 spiro atoms. The molecule has 6 nitrogen and oxygen atoms in total. The molecule has 0 radical (unpaired) electrons. The van der Waals surface area contributed by atoms with Crippen LogP contribution < -0.4 is 16.6 Å². The summed E-state index contributed by atoms with van der Waals surface area (Å²) < 4.78 is 6.59. The first-order valence-corrected chi connectivity index (χ1v) is 6.42. The van der Waals surface area contributed by atoms with Crippen LogP contribution in [0.3, 0.4) is 0 Å². The molecule has 0 aromatic carbocycles. The molecule has 19 heavy (non-hydrogen) atoms. The molecular formula is C13H22N4O2. The van der Waals surface area contributed by atoms with E-state index < -0.39 is 0 Å². The highest BCUT2D eigenvalue weighted by molar-refractivity contribution is 5.77. The minimum absolute atomic E-state index is 0.0340. The number of nitrogens with one attached hydrogen (secondary N) is 1. The summed E-state index contributed by atoms with van der Waals surface area (Å²) in [6, 6.07) is 5.17. The van der Waals surface area contributed by atoms with Crippen molar-refractivity contribution in [2.24, 2.45) is 10.7 Å². The zero-order valence-electron chi connectivity index (χ0n) is 11.3. The topological polar surface area (TPSA) is 81.6 Å². The van der Waals surface area contributed by atoms with Gasteiger partial charge in [0.25, 0.3) is 0 Å². The third kappa shape index (κ3) is 6.61. The third-order valence-corrected chi connectivity index (χ3v) is 2.60. The lowest BCUT2D eigenvalue weighted by Crippen LogP contribution is -2.34. The Bertz CT molecular complexity index is 442. The number of guanidine groups is 1. The van der Waals surface area contributed by atoms with E-state index in [1.54, 1.807) is 30.0 Å². The Balaban J connectivity index is 2.16. The number of methoxy groups -OCH3 is 1. The number of aliphatic imine (C=N–C) groups is 1. The zero-order valence-corrected chi connectivity index (χ0v) is 11.3. The van der Waals surface area contributed by atoms with Gasteiger partial charge in [-0.3, -0.25) is 9.79 Å². The third-order valence-electron chi connectivity index (χ3n) is 2.60. The Hall–Kier alpha value is -1.82. The molecule has 1 aromatic rings. The first-order chi connectivity index (χ1) is 9.24. The number of hydrogen-bond acceptors (Lipinski definition) is 3. The maximum atomic E-state index is 11.4. The van der Waals surface area contributed by atoms with Crippen molar-refractivity contribution < 1.29 is 4.74 Å². The van der Waals surface area contributed by atoms with Crippen LogP contribution in [0.2, 0.25) is 0 Å². The largest absolute Gasteiger partial charge is 0.383 e. The van der Waals surface area contributed by atoms with Gasteiger partial charge >= 0.3 is 0 Å². The highest BCUT2D eigenvalue weighted by atomic mass is 16.5. The quantitative estimate of drug-likeness (QED) is 0.399. The van der Waals surface area contributed by atoms with Crippen molar-refractivity contribution in [1.29, 1.82) is 0 Å². The summed E-state index contributed by atoms with van der Waals surface area (Å²) in [6.07, 6.45) is 3.60. The number of hydrogen-bond donors (Lipinski definition) is 2. The summed E-state index contributed by atoms with van der Waals surface area (Å²) in [5.74, 6) is 0.439. The molecule has 0 bridgehead atoms. The van der Waals surface area contributed by atoms with Gasteiger partial charge in [-0.15, -0.1) is 0 Å². The van der Waals surface area contributed by atoms with Crippen molar-refractivity contribution in [3.8, 4) is 0 Å². The SMILES string of the molecule is COCCNC(N)=NCCCCn1ccccc1=O. The van der Waals surface area contributed by atoms with Crippen molar-refractivity contribution in [2.75, 3.05) is 26.8 Å². The lowest BCUT2D eigenvalue weighted by atomic mass is 10.3. The molecule has 3 N–H and O–H groups in total. The Kier molecular flexibility index (Phi) is 7.34. The van der Waals surface area contributed by atoms with Crippen molar-refractivity contribution >= 4 is 5.96 Å². The van der Waals surface area contributed by atoms with Crippen LogP contribution in [0.25, 0.3) is 0 Å². The predicted molar refractivity (Wildman–Crippen MR) is 76.3 cm³/mol. The second kappa shape index (κ2) is 9.16. The van der Waals surface area contributed by atoms with E-state index >= 15 is 0 Å². The molecule has 1 heterocycles. The van der Waals surface area contributed by atoms with Gasteiger partial charge in [0.1, 0.15) is 0 Å². The van der Waals surface area contributed by atoms with Crippen LogP contribution in [0.15, 0.2) is 34.2 Å². The van der Waals surface area contributed by atoms with Gasteiger partial charge in [0.15, 0.2) is 5.96 Å². The maximum absolute atomic E-state index is 11.4. The Morgan fingerprint density at radius 3 is 3.05 bits per heavy atom. The van der Waals surface area contributed by atoms with Gasteiger partial charge in [-0.25, -0.2) is 0 Å². The number of nitrogens with zero attached hydrogens (tertiary/aromatic N) is 2. The average molecular weight is 266 g/mol. The summed E-state index contributed by atoms with van der Waals surface area (Å²) in [5.41, 5.74) is 5.69. The fourth-order valence-electron chi connectivity index (χ4n) is 1.58. The van der Waals surface area contributed by atoms with Gasteiger partial charge in [0, 0.05) is 39.0 Å². The van der Waals surface area contributed by atoms with Gasteiger partial charge in [-0.2, -0.15) is 0 Å². The summed E-state index contributed by atoms with van der Waals surface area (Å²) in [5, 5.41) is 2.95. The molecule has 0 aliphatic carbocycles. The van der Waals surface area contributed by atoms with E-state index in [4.69, 9.17) is 10.5 Å². The monoisotopic (exact) mass is 266 g/mol. The number of aromatic nitrogens is 1. The smallest absolute Gasteiger partial charge is 0.250 e. The Labute approximate surface area is 113 Å². The van der Waals surface area contributed by atoms with Gasteiger partial charge in [-0.05, 0) is 18.9 Å².